The number of anilines is 1. The first-order valence-corrected chi connectivity index (χ1v) is 8.34. The van der Waals surface area contributed by atoms with Gasteiger partial charge >= 0.3 is 0 Å². The Labute approximate surface area is 136 Å². The van der Waals surface area contributed by atoms with E-state index >= 15 is 0 Å². The van der Waals surface area contributed by atoms with Crippen LogP contribution in [-0.4, -0.2) is 28.2 Å². The second kappa shape index (κ2) is 6.32. The zero-order chi connectivity index (χ0) is 17.2. The van der Waals surface area contributed by atoms with Crippen LogP contribution in [0.25, 0.3) is 5.82 Å². The Kier molecular flexibility index (Phi) is 4.21. The Bertz CT molecular complexity index is 941. The zero-order valence-corrected chi connectivity index (χ0v) is 12.9. The number of rotatable bonds is 5. The van der Waals surface area contributed by atoms with Gasteiger partial charge in [-0.1, -0.05) is 0 Å². The predicted molar refractivity (Wildman–Crippen MR) is 81.8 cm³/mol. The van der Waals surface area contributed by atoms with E-state index in [-0.39, 0.29) is 11.4 Å². The molecule has 0 fully saturated rings. The van der Waals surface area contributed by atoms with Crippen molar-refractivity contribution in [2.24, 2.45) is 0 Å². The maximum Gasteiger partial charge on any atom is 0.238 e. The molecule has 1 N–H and O–H groups in total. The molecule has 2 heterocycles. The average molecular weight is 351 g/mol. The van der Waals surface area contributed by atoms with Crippen molar-refractivity contribution in [3.63, 3.8) is 0 Å². The first-order chi connectivity index (χ1) is 11.4. The maximum atomic E-state index is 13.2. The summed E-state index contributed by atoms with van der Waals surface area (Å²) in [6.07, 6.45) is 4.36. The largest absolute Gasteiger partial charge is 0.267 e. The number of sulfonamides is 1. The van der Waals surface area contributed by atoms with E-state index in [0.29, 0.717) is 11.9 Å². The fraction of sp³-hybridized carbons (Fsp3) is 0.0714. The third-order valence-electron chi connectivity index (χ3n) is 2.93. The molecule has 3 aromatic rings. The highest BCUT2D eigenvalue weighted by Gasteiger charge is 2.15. The fourth-order valence-electron chi connectivity index (χ4n) is 2.04. The molecule has 1 aromatic carbocycles. The van der Waals surface area contributed by atoms with Gasteiger partial charge in [0.15, 0.2) is 5.82 Å². The van der Waals surface area contributed by atoms with Gasteiger partial charge < -0.3 is 0 Å². The summed E-state index contributed by atoms with van der Waals surface area (Å²) in [6.45, 7) is 0. The minimum atomic E-state index is -3.91. The van der Waals surface area contributed by atoms with E-state index in [9.17, 15) is 17.2 Å². The van der Waals surface area contributed by atoms with Crippen molar-refractivity contribution in [3.8, 4) is 5.82 Å². The molecule has 0 unspecified atom stereocenters. The molecule has 0 radical (unpaired) electrons. The molecule has 0 aliphatic heterocycles. The van der Waals surface area contributed by atoms with Crippen molar-refractivity contribution in [3.05, 3.63) is 66.3 Å². The lowest BCUT2D eigenvalue weighted by Crippen LogP contribution is -2.16. The molecule has 2 aromatic heterocycles. The van der Waals surface area contributed by atoms with Gasteiger partial charge in [0.1, 0.15) is 23.8 Å². The van der Waals surface area contributed by atoms with Crippen molar-refractivity contribution in [2.75, 3.05) is 4.72 Å². The number of benzene rings is 1. The van der Waals surface area contributed by atoms with Crippen LogP contribution in [0.3, 0.4) is 0 Å². The lowest BCUT2D eigenvalue weighted by Gasteiger charge is -2.08. The molecule has 0 saturated heterocycles. The highest BCUT2D eigenvalue weighted by atomic mass is 32.2. The van der Waals surface area contributed by atoms with Gasteiger partial charge in [-0.25, -0.2) is 31.8 Å². The monoisotopic (exact) mass is 351 g/mol. The van der Waals surface area contributed by atoms with E-state index in [4.69, 9.17) is 0 Å². The van der Waals surface area contributed by atoms with Gasteiger partial charge in [-0.3, -0.25) is 4.72 Å². The summed E-state index contributed by atoms with van der Waals surface area (Å²) in [6, 6.07) is 5.65. The van der Waals surface area contributed by atoms with Crippen LogP contribution in [0.4, 0.5) is 14.6 Å². The third-order valence-corrected chi connectivity index (χ3v) is 4.16. The van der Waals surface area contributed by atoms with E-state index in [1.807, 2.05) is 0 Å². The lowest BCUT2D eigenvalue weighted by molar-refractivity contribution is 0.579. The Hall–Kier alpha value is -2.88. The molecule has 10 heteroatoms. The van der Waals surface area contributed by atoms with Gasteiger partial charge in [0, 0.05) is 24.5 Å². The van der Waals surface area contributed by atoms with Crippen molar-refractivity contribution in [1.29, 1.82) is 0 Å². The van der Waals surface area contributed by atoms with Crippen LogP contribution >= 0.6 is 0 Å². The second-order valence-corrected chi connectivity index (χ2v) is 6.57. The van der Waals surface area contributed by atoms with E-state index in [2.05, 4.69) is 19.8 Å². The standard InChI is InChI=1S/C14H11F2N5O2S/c15-11-4-10(5-12(16)6-11)8-24(22,23)20-13-7-14(18-9-17-13)21-3-1-2-19-21/h1-7,9H,8H2,(H,17,18,20). The Morgan fingerprint density at radius 3 is 2.50 bits per heavy atom. The maximum absolute atomic E-state index is 13.2. The molecule has 0 amide bonds. The molecule has 124 valence electrons. The summed E-state index contributed by atoms with van der Waals surface area (Å²) in [4.78, 5) is 7.79. The molecule has 0 bridgehead atoms. The molecular weight excluding hydrogens is 340 g/mol. The predicted octanol–water partition coefficient (Wildman–Crippen LogP) is 1.88. The average Bonchev–Trinajstić information content (AvgIpc) is 2.99. The molecular formula is C14H11F2N5O2S. The van der Waals surface area contributed by atoms with Crippen molar-refractivity contribution in [2.45, 2.75) is 5.75 Å². The summed E-state index contributed by atoms with van der Waals surface area (Å²) in [5.74, 6) is -1.90. The minimum Gasteiger partial charge on any atom is -0.267 e. The molecule has 0 spiro atoms. The highest BCUT2D eigenvalue weighted by molar-refractivity contribution is 7.91. The first kappa shape index (κ1) is 16.0. The number of hydrogen-bond acceptors (Lipinski definition) is 5. The SMILES string of the molecule is O=S(=O)(Cc1cc(F)cc(F)c1)Nc1cc(-n2cccn2)ncn1. The lowest BCUT2D eigenvalue weighted by atomic mass is 10.2. The van der Waals surface area contributed by atoms with Gasteiger partial charge in [0.2, 0.25) is 10.0 Å². The Balaban J connectivity index is 1.80. The van der Waals surface area contributed by atoms with Crippen LogP contribution < -0.4 is 4.72 Å². The van der Waals surface area contributed by atoms with Crippen LogP contribution in [0, 0.1) is 11.6 Å². The van der Waals surface area contributed by atoms with Gasteiger partial charge in [-0.05, 0) is 23.8 Å². The normalized spacial score (nSPS) is 11.4. The van der Waals surface area contributed by atoms with Crippen molar-refractivity contribution >= 4 is 15.8 Å². The minimum absolute atomic E-state index is 0.0126. The van der Waals surface area contributed by atoms with E-state index in [1.165, 1.54) is 17.1 Å². The van der Waals surface area contributed by atoms with Crippen molar-refractivity contribution in [1.82, 2.24) is 19.7 Å². The van der Waals surface area contributed by atoms with Crippen LogP contribution in [-0.2, 0) is 15.8 Å². The summed E-state index contributed by atoms with van der Waals surface area (Å²) in [7, 11) is -3.91. The van der Waals surface area contributed by atoms with Gasteiger partial charge in [0.25, 0.3) is 0 Å². The molecule has 3 rings (SSSR count). The van der Waals surface area contributed by atoms with Gasteiger partial charge in [0.05, 0.1) is 5.75 Å². The second-order valence-electron chi connectivity index (χ2n) is 4.85. The molecule has 0 aliphatic carbocycles. The Morgan fingerprint density at radius 1 is 1.08 bits per heavy atom. The summed E-state index contributed by atoms with van der Waals surface area (Å²) in [5.41, 5.74) is -0.0126. The van der Waals surface area contributed by atoms with Crippen LogP contribution in [0.2, 0.25) is 0 Å². The molecule has 0 aliphatic rings. The smallest absolute Gasteiger partial charge is 0.238 e. The van der Waals surface area contributed by atoms with Gasteiger partial charge in [-0.15, -0.1) is 0 Å². The molecule has 0 atom stereocenters. The van der Waals surface area contributed by atoms with Crippen LogP contribution in [0.15, 0.2) is 49.1 Å². The topological polar surface area (TPSA) is 89.8 Å². The Morgan fingerprint density at radius 2 is 1.83 bits per heavy atom. The quantitative estimate of drug-likeness (QED) is 0.758. The fourth-order valence-corrected chi connectivity index (χ4v) is 3.15. The number of hydrogen-bond donors (Lipinski definition) is 1. The number of aromatic nitrogens is 4. The van der Waals surface area contributed by atoms with Crippen LogP contribution in [0.1, 0.15) is 5.56 Å². The number of nitrogens with zero attached hydrogens (tertiary/aromatic N) is 4. The summed E-state index contributed by atoms with van der Waals surface area (Å²) in [5, 5.41) is 3.98. The number of halogens is 2. The van der Waals surface area contributed by atoms with E-state index in [1.54, 1.807) is 18.5 Å². The summed E-state index contributed by atoms with van der Waals surface area (Å²) < 4.78 is 54.3. The summed E-state index contributed by atoms with van der Waals surface area (Å²) >= 11 is 0. The van der Waals surface area contributed by atoms with E-state index in [0.717, 1.165) is 12.1 Å². The molecule has 0 saturated carbocycles. The first-order valence-electron chi connectivity index (χ1n) is 6.69. The zero-order valence-electron chi connectivity index (χ0n) is 12.1. The van der Waals surface area contributed by atoms with E-state index < -0.39 is 27.4 Å². The highest BCUT2D eigenvalue weighted by Crippen LogP contribution is 2.14. The van der Waals surface area contributed by atoms with Gasteiger partial charge in [-0.2, -0.15) is 5.10 Å². The third kappa shape index (κ3) is 3.90. The van der Waals surface area contributed by atoms with Crippen LogP contribution in [0.5, 0.6) is 0 Å². The molecule has 7 nitrogen and oxygen atoms in total. The number of nitrogens with one attached hydrogen (secondary N) is 1. The van der Waals surface area contributed by atoms with Crippen molar-refractivity contribution < 1.29 is 17.2 Å². The molecule has 24 heavy (non-hydrogen) atoms.